The van der Waals surface area contributed by atoms with Crippen molar-refractivity contribution in [3.63, 3.8) is 0 Å². The Labute approximate surface area is 278 Å². The lowest BCUT2D eigenvalue weighted by atomic mass is 9.76. The summed E-state index contributed by atoms with van der Waals surface area (Å²) in [5, 5.41) is 16.8. The number of hydrogen-bond donors (Lipinski definition) is 6. The Morgan fingerprint density at radius 1 is 0.872 bits per heavy atom. The van der Waals surface area contributed by atoms with Gasteiger partial charge in [0.25, 0.3) is 5.91 Å². The molecule has 2 aromatic rings. The van der Waals surface area contributed by atoms with Crippen molar-refractivity contribution in [2.24, 2.45) is 16.5 Å². The summed E-state index contributed by atoms with van der Waals surface area (Å²) in [7, 11) is 0. The van der Waals surface area contributed by atoms with E-state index < -0.39 is 42.3 Å². The van der Waals surface area contributed by atoms with E-state index in [-0.39, 0.29) is 42.8 Å². The van der Waals surface area contributed by atoms with E-state index in [4.69, 9.17) is 21.3 Å². The average molecular weight is 653 g/mol. The van der Waals surface area contributed by atoms with E-state index in [2.05, 4.69) is 68.6 Å². The molecule has 0 saturated carbocycles. The molecule has 0 heterocycles. The molecule has 8 N–H and O–H groups in total. The highest BCUT2D eigenvalue weighted by Crippen LogP contribution is 2.36. The van der Waals surface area contributed by atoms with Gasteiger partial charge >= 0.3 is 5.97 Å². The molecular formula is C35H52N6O6. The number of carbonyl (C=O) groups is 4. The fraction of sp³-hybridized carbons (Fsp3) is 0.514. The number of nitrogens with two attached hydrogens (primary N) is 2. The van der Waals surface area contributed by atoms with Crippen molar-refractivity contribution in [2.45, 2.75) is 96.6 Å². The smallest absolute Gasteiger partial charge is 0.322 e. The zero-order valence-corrected chi connectivity index (χ0v) is 28.5. The molecule has 3 amide bonds. The number of carboxylic acids is 1. The number of rotatable bonds is 19. The summed E-state index contributed by atoms with van der Waals surface area (Å²) < 4.78 is 6.02. The van der Waals surface area contributed by atoms with Crippen LogP contribution in [0, 0.1) is 0 Å². The topological polar surface area (TPSA) is 198 Å². The van der Waals surface area contributed by atoms with Crippen molar-refractivity contribution in [1.29, 1.82) is 0 Å². The van der Waals surface area contributed by atoms with Gasteiger partial charge in [0.1, 0.15) is 24.4 Å². The second-order valence-corrected chi connectivity index (χ2v) is 12.9. The number of benzene rings is 2. The summed E-state index contributed by atoms with van der Waals surface area (Å²) in [6.07, 6.45) is 2.44. The first-order chi connectivity index (χ1) is 22.1. The predicted molar refractivity (Wildman–Crippen MR) is 183 cm³/mol. The second-order valence-electron chi connectivity index (χ2n) is 12.9. The maximum Gasteiger partial charge on any atom is 0.322 e. The number of ether oxygens (including phenoxy) is 1. The summed E-state index contributed by atoms with van der Waals surface area (Å²) in [5.41, 5.74) is 13.6. The number of nitrogens with zero attached hydrogens (tertiary/aromatic N) is 1. The molecule has 2 atom stereocenters. The van der Waals surface area contributed by atoms with Crippen LogP contribution in [0.4, 0.5) is 0 Å². The summed E-state index contributed by atoms with van der Waals surface area (Å²) in [6, 6.07) is 13.1. The Morgan fingerprint density at radius 3 is 2.00 bits per heavy atom. The first kappa shape index (κ1) is 38.6. The predicted octanol–water partition coefficient (Wildman–Crippen LogP) is 2.91. The van der Waals surface area contributed by atoms with Crippen LogP contribution in [0.25, 0.3) is 0 Å². The number of aliphatic carboxylic acids is 1. The van der Waals surface area contributed by atoms with Crippen LogP contribution in [0.3, 0.4) is 0 Å². The second kappa shape index (κ2) is 17.9. The highest BCUT2D eigenvalue weighted by Gasteiger charge is 2.28. The summed E-state index contributed by atoms with van der Waals surface area (Å²) in [4.78, 5) is 54.6. The van der Waals surface area contributed by atoms with Crippen LogP contribution in [-0.2, 0) is 36.4 Å². The lowest BCUT2D eigenvalue weighted by molar-refractivity contribution is -0.138. The molecule has 0 aromatic heterocycles. The van der Waals surface area contributed by atoms with Crippen molar-refractivity contribution < 1.29 is 29.0 Å². The van der Waals surface area contributed by atoms with Crippen molar-refractivity contribution in [2.75, 3.05) is 19.7 Å². The third-order valence-corrected chi connectivity index (χ3v) is 8.53. The van der Waals surface area contributed by atoms with E-state index in [0.29, 0.717) is 12.2 Å². The van der Waals surface area contributed by atoms with Crippen molar-refractivity contribution in [1.82, 2.24) is 16.0 Å². The molecule has 0 saturated heterocycles. The van der Waals surface area contributed by atoms with Crippen molar-refractivity contribution in [3.8, 4) is 5.75 Å². The number of nitrogens with one attached hydrogen (secondary N) is 3. The number of aliphatic imine (C=N–C) groups is 1. The lowest BCUT2D eigenvalue weighted by Gasteiger charge is -2.29. The van der Waals surface area contributed by atoms with Gasteiger partial charge in [0.2, 0.25) is 11.8 Å². The zero-order chi connectivity index (χ0) is 35.2. The molecule has 0 spiro atoms. The van der Waals surface area contributed by atoms with Crippen molar-refractivity contribution >= 4 is 29.7 Å². The highest BCUT2D eigenvalue weighted by molar-refractivity contribution is 5.93. The minimum Gasteiger partial charge on any atom is -0.484 e. The monoisotopic (exact) mass is 652 g/mol. The van der Waals surface area contributed by atoms with Gasteiger partial charge < -0.3 is 37.3 Å². The number of hydrogen-bond acceptors (Lipinski definition) is 6. The van der Waals surface area contributed by atoms with Gasteiger partial charge in [0.15, 0.2) is 12.6 Å². The van der Waals surface area contributed by atoms with Crippen LogP contribution in [0.5, 0.6) is 5.75 Å². The van der Waals surface area contributed by atoms with E-state index in [9.17, 15) is 19.2 Å². The summed E-state index contributed by atoms with van der Waals surface area (Å²) >= 11 is 0. The minimum absolute atomic E-state index is 0.102. The Balaban J connectivity index is 2.27. The Bertz CT molecular complexity index is 1350. The normalized spacial score (nSPS) is 12.7. The number of carbonyl (C=O) groups excluding carboxylic acids is 3. The van der Waals surface area contributed by atoms with Crippen LogP contribution in [0.2, 0.25) is 0 Å². The Morgan fingerprint density at radius 2 is 1.47 bits per heavy atom. The quantitative estimate of drug-likeness (QED) is 0.0756. The molecule has 2 rings (SSSR count). The largest absolute Gasteiger partial charge is 0.484 e. The molecule has 2 aromatic carbocycles. The molecule has 47 heavy (non-hydrogen) atoms. The van der Waals surface area contributed by atoms with Gasteiger partial charge in [-0.1, -0.05) is 77.9 Å². The van der Waals surface area contributed by atoms with Gasteiger partial charge in [0.05, 0.1) is 0 Å². The van der Waals surface area contributed by atoms with Gasteiger partial charge in [-0.05, 0) is 65.3 Å². The summed E-state index contributed by atoms with van der Waals surface area (Å²) in [6.45, 7) is 12.2. The molecule has 0 radical (unpaired) electrons. The van der Waals surface area contributed by atoms with Gasteiger partial charge in [-0.25, -0.2) is 0 Å². The van der Waals surface area contributed by atoms with Crippen molar-refractivity contribution in [3.05, 3.63) is 65.2 Å². The molecule has 0 aliphatic heterocycles. The third-order valence-electron chi connectivity index (χ3n) is 8.53. The van der Waals surface area contributed by atoms with Crippen LogP contribution in [0.15, 0.2) is 53.5 Å². The average Bonchev–Trinajstić information content (AvgIpc) is 3.03. The fourth-order valence-electron chi connectivity index (χ4n) is 4.65. The zero-order valence-electron chi connectivity index (χ0n) is 28.5. The van der Waals surface area contributed by atoms with Crippen LogP contribution < -0.4 is 32.2 Å². The van der Waals surface area contributed by atoms with E-state index in [0.717, 1.165) is 29.5 Å². The lowest BCUT2D eigenvalue weighted by Crippen LogP contribution is -2.55. The van der Waals surface area contributed by atoms with Gasteiger partial charge in [-0.3, -0.25) is 24.2 Å². The molecule has 0 bridgehead atoms. The molecule has 0 aliphatic carbocycles. The maximum absolute atomic E-state index is 13.6. The van der Waals surface area contributed by atoms with E-state index in [1.54, 1.807) is 0 Å². The van der Waals surface area contributed by atoms with Crippen LogP contribution in [0.1, 0.15) is 83.9 Å². The van der Waals surface area contributed by atoms with E-state index in [1.807, 2.05) is 42.5 Å². The maximum atomic E-state index is 13.6. The minimum atomic E-state index is -1.23. The molecule has 258 valence electrons. The molecular weight excluding hydrogens is 600 g/mol. The standard InChI is InChI=1S/C35H52N6O6/c1-7-34(3,4)24-18-25(35(5,6)8-2)20-26(19-24)47-22-29(42)40-28(17-23-13-10-9-11-14-23)32(46)41-27(15-12-16-38-33(36)37)31(45)39-21-30(43)44/h9-11,13-14,18-20,27-28H,7-8,12,15-17,21-22H2,1-6H3,(H,39,45)(H,40,42)(H,41,46)(H,43,44)(H4,36,37,38)/t27-,28-/m0/s1. The first-order valence-corrected chi connectivity index (χ1v) is 16.0. The molecule has 0 fully saturated rings. The SMILES string of the molecule is CCC(C)(C)c1cc(OCC(=O)N[C@@H](Cc2ccccc2)C(=O)N[C@@H](CCCN=C(N)N)C(=O)NCC(=O)O)cc(C(C)(C)CC)c1. The number of guanidine groups is 1. The molecule has 12 nitrogen and oxygen atoms in total. The highest BCUT2D eigenvalue weighted by atomic mass is 16.5. The number of amides is 3. The van der Waals surface area contributed by atoms with Gasteiger partial charge in [-0.2, -0.15) is 0 Å². The fourth-order valence-corrected chi connectivity index (χ4v) is 4.65. The first-order valence-electron chi connectivity index (χ1n) is 16.0. The molecule has 12 heteroatoms. The van der Waals surface area contributed by atoms with Gasteiger partial charge in [-0.15, -0.1) is 0 Å². The number of carboxylic acid groups (broad SMARTS) is 1. The van der Waals surface area contributed by atoms with Crippen LogP contribution >= 0.6 is 0 Å². The summed E-state index contributed by atoms with van der Waals surface area (Å²) in [5.74, 6) is -2.59. The van der Waals surface area contributed by atoms with E-state index in [1.165, 1.54) is 0 Å². The van der Waals surface area contributed by atoms with E-state index >= 15 is 0 Å². The Kier molecular flexibility index (Phi) is 14.7. The Hall–Kier alpha value is -4.61. The van der Waals surface area contributed by atoms with Crippen LogP contribution in [-0.4, -0.2) is 66.5 Å². The van der Waals surface area contributed by atoms with Gasteiger partial charge in [0, 0.05) is 13.0 Å². The molecule has 0 aliphatic rings. The third kappa shape index (κ3) is 13.0. The molecule has 0 unspecified atom stereocenters.